The number of piperidine rings is 1. The number of carbonyl (C=O) groups excluding carboxylic acids is 5. The van der Waals surface area contributed by atoms with Crippen LogP contribution in [-0.2, 0) is 29.0 Å². The Morgan fingerprint density at radius 3 is 2.06 bits per heavy atom. The molecule has 0 aromatic heterocycles. The van der Waals surface area contributed by atoms with Crippen molar-refractivity contribution in [1.82, 2.24) is 26.2 Å². The van der Waals surface area contributed by atoms with Gasteiger partial charge >= 0.3 is 6.03 Å². The SMILES string of the molecule is CCCC(NC(=O)[C@@H]1[C@@H]2[C@H](CN1C(=O)[C@@H](NC(=O)NC1(C3CCCS3(=O)=O)CCCCC1)C1(C)CCCCC1)C2(C)C)C(=O)C(=O)NC1CC1. The number of hydrogen-bond donors (Lipinski definition) is 4. The molecule has 4 N–H and O–H groups in total. The molecule has 2 heterocycles. The second kappa shape index (κ2) is 14.0. The highest BCUT2D eigenvalue weighted by Crippen LogP contribution is 2.65. The minimum absolute atomic E-state index is 0.0127. The summed E-state index contributed by atoms with van der Waals surface area (Å²) in [7, 11) is -3.35. The van der Waals surface area contributed by atoms with Crippen LogP contribution in [0.3, 0.4) is 0 Å². The topological polar surface area (TPSA) is 171 Å². The number of hydrogen-bond acceptors (Lipinski definition) is 7. The lowest BCUT2D eigenvalue weighted by Crippen LogP contribution is -2.66. The first-order valence-electron chi connectivity index (χ1n) is 19.4. The number of Topliss-reactive ketones (excluding diaryl/α,β-unsaturated/α-hetero) is 1. The van der Waals surface area contributed by atoms with Gasteiger partial charge in [-0.2, -0.15) is 0 Å². The van der Waals surface area contributed by atoms with Crippen LogP contribution in [-0.4, -0.2) is 90.1 Å². The standard InChI is InChI=1S/C37H59N5O7S/c1-5-13-25(29(43)32(45)38-23-15-16-23)39-31(44)28-27-24(35(27,2)3)22-42(28)33(46)30(36(4)17-8-6-9-18-36)40-34(47)41-37(19-10-7-11-20-37)26-14-12-21-50(26,48)49/h23-28,30H,5-22H2,1-4H3,(H,38,45)(H,39,44)(H2,40,41,47)/t24-,25?,26?,27-,28-,30+/m0/s1. The number of urea groups is 1. The van der Waals surface area contributed by atoms with Crippen molar-refractivity contribution in [2.45, 2.75) is 165 Å². The van der Waals surface area contributed by atoms with Crippen molar-refractivity contribution in [3.05, 3.63) is 0 Å². The lowest BCUT2D eigenvalue weighted by molar-refractivity contribution is -0.146. The minimum Gasteiger partial charge on any atom is -0.347 e. The van der Waals surface area contributed by atoms with Gasteiger partial charge in [-0.15, -0.1) is 0 Å². The summed E-state index contributed by atoms with van der Waals surface area (Å²) in [5, 5.41) is 11.2. The van der Waals surface area contributed by atoms with Crippen molar-refractivity contribution in [2.75, 3.05) is 12.3 Å². The van der Waals surface area contributed by atoms with Gasteiger partial charge in [0.1, 0.15) is 12.1 Å². The fourth-order valence-corrected chi connectivity index (χ4v) is 12.5. The summed E-state index contributed by atoms with van der Waals surface area (Å²) in [6.07, 6.45) is 11.9. The molecule has 6 atom stereocenters. The highest BCUT2D eigenvalue weighted by Gasteiger charge is 2.70. The van der Waals surface area contributed by atoms with Crippen molar-refractivity contribution < 1.29 is 32.4 Å². The first-order chi connectivity index (χ1) is 23.6. The van der Waals surface area contributed by atoms with E-state index in [1.54, 1.807) is 4.90 Å². The molecule has 6 rings (SSSR count). The Labute approximate surface area is 297 Å². The molecule has 280 valence electrons. The predicted octanol–water partition coefficient (Wildman–Crippen LogP) is 3.52. The number of nitrogens with zero attached hydrogens (tertiary/aromatic N) is 1. The third kappa shape index (κ3) is 7.18. The fraction of sp³-hybridized carbons (Fsp3) is 0.865. The molecule has 0 radical (unpaired) electrons. The first-order valence-corrected chi connectivity index (χ1v) is 21.1. The van der Waals surface area contributed by atoms with Crippen molar-refractivity contribution in [3.8, 4) is 0 Å². The van der Waals surface area contributed by atoms with Gasteiger partial charge in [0.25, 0.3) is 5.91 Å². The Hall–Kier alpha value is -2.70. The Bertz CT molecular complexity index is 1460. The van der Waals surface area contributed by atoms with E-state index in [1.165, 1.54) is 0 Å². The van der Waals surface area contributed by atoms with E-state index in [1.807, 2.05) is 13.8 Å². The van der Waals surface area contributed by atoms with Crippen LogP contribution >= 0.6 is 0 Å². The molecule has 50 heavy (non-hydrogen) atoms. The Kier molecular flexibility index (Phi) is 10.4. The van der Waals surface area contributed by atoms with Crippen LogP contribution in [0.5, 0.6) is 0 Å². The molecule has 6 fully saturated rings. The quantitative estimate of drug-likeness (QED) is 0.224. The molecule has 5 amide bonds. The fourth-order valence-electron chi connectivity index (χ4n) is 10.1. The van der Waals surface area contributed by atoms with Crippen molar-refractivity contribution in [2.24, 2.45) is 22.7 Å². The Balaban J connectivity index is 1.24. The molecule has 0 bridgehead atoms. The summed E-state index contributed by atoms with van der Waals surface area (Å²) in [4.78, 5) is 70.7. The van der Waals surface area contributed by atoms with Gasteiger partial charge in [0.05, 0.1) is 22.6 Å². The lowest BCUT2D eigenvalue weighted by atomic mass is 9.70. The largest absolute Gasteiger partial charge is 0.347 e. The minimum atomic E-state index is -3.35. The highest BCUT2D eigenvalue weighted by atomic mass is 32.2. The van der Waals surface area contributed by atoms with Gasteiger partial charge < -0.3 is 26.2 Å². The summed E-state index contributed by atoms with van der Waals surface area (Å²) >= 11 is 0. The van der Waals surface area contributed by atoms with E-state index in [0.717, 1.165) is 64.2 Å². The number of amides is 5. The second-order valence-corrected chi connectivity index (χ2v) is 19.6. The zero-order valence-electron chi connectivity index (χ0n) is 30.5. The summed E-state index contributed by atoms with van der Waals surface area (Å²) in [6, 6.07) is -3.26. The molecule has 2 saturated heterocycles. The summed E-state index contributed by atoms with van der Waals surface area (Å²) < 4.78 is 26.3. The van der Waals surface area contributed by atoms with Gasteiger partial charge in [0.15, 0.2) is 9.84 Å². The summed E-state index contributed by atoms with van der Waals surface area (Å²) in [5.74, 6) is -1.99. The average Bonchev–Trinajstić information content (AvgIpc) is 3.85. The van der Waals surface area contributed by atoms with E-state index >= 15 is 0 Å². The van der Waals surface area contributed by atoms with Gasteiger partial charge in [-0.1, -0.05) is 72.6 Å². The van der Waals surface area contributed by atoms with Crippen LogP contribution in [0, 0.1) is 22.7 Å². The second-order valence-electron chi connectivity index (χ2n) is 17.3. The number of carbonyl (C=O) groups is 5. The smallest absolute Gasteiger partial charge is 0.315 e. The van der Waals surface area contributed by atoms with E-state index in [4.69, 9.17) is 0 Å². The number of sulfone groups is 1. The molecule has 4 aliphatic carbocycles. The maximum Gasteiger partial charge on any atom is 0.315 e. The zero-order valence-corrected chi connectivity index (χ0v) is 31.3. The highest BCUT2D eigenvalue weighted by molar-refractivity contribution is 7.92. The number of ketones is 1. The van der Waals surface area contributed by atoms with Gasteiger partial charge in [0, 0.05) is 12.6 Å². The van der Waals surface area contributed by atoms with Crippen LogP contribution in [0.4, 0.5) is 4.79 Å². The molecule has 13 heteroatoms. The maximum absolute atomic E-state index is 14.9. The van der Waals surface area contributed by atoms with E-state index in [2.05, 4.69) is 35.1 Å². The van der Waals surface area contributed by atoms with Crippen molar-refractivity contribution in [1.29, 1.82) is 0 Å². The van der Waals surface area contributed by atoms with E-state index in [-0.39, 0.29) is 35.0 Å². The molecular weight excluding hydrogens is 659 g/mol. The van der Waals surface area contributed by atoms with Gasteiger partial charge in [-0.3, -0.25) is 19.2 Å². The maximum atomic E-state index is 14.9. The molecule has 12 nitrogen and oxygen atoms in total. The molecular formula is C37H59N5O7S. The number of rotatable bonds is 12. The van der Waals surface area contributed by atoms with Crippen LogP contribution < -0.4 is 21.3 Å². The monoisotopic (exact) mass is 717 g/mol. The van der Waals surface area contributed by atoms with E-state index in [9.17, 15) is 32.4 Å². The van der Waals surface area contributed by atoms with Gasteiger partial charge in [-0.25, -0.2) is 13.2 Å². The Morgan fingerprint density at radius 2 is 1.48 bits per heavy atom. The van der Waals surface area contributed by atoms with Crippen LogP contribution in [0.15, 0.2) is 0 Å². The van der Waals surface area contributed by atoms with Crippen LogP contribution in [0.25, 0.3) is 0 Å². The first kappa shape index (κ1) is 37.1. The molecule has 2 aliphatic heterocycles. The molecule has 0 aromatic carbocycles. The van der Waals surface area contributed by atoms with E-state index in [0.29, 0.717) is 45.1 Å². The number of nitrogens with one attached hydrogen (secondary N) is 4. The van der Waals surface area contributed by atoms with Crippen LogP contribution in [0.1, 0.15) is 130 Å². The molecule has 2 unspecified atom stereocenters. The number of fused-ring (bicyclic) bond motifs is 1. The zero-order chi connectivity index (χ0) is 36.1. The molecule has 0 spiro atoms. The average molecular weight is 718 g/mol. The van der Waals surface area contributed by atoms with Gasteiger partial charge in [-0.05, 0) is 80.5 Å². The Morgan fingerprint density at radius 1 is 0.840 bits per heavy atom. The molecule has 6 aliphatic rings. The van der Waals surface area contributed by atoms with Gasteiger partial charge in [0.2, 0.25) is 17.6 Å². The van der Waals surface area contributed by atoms with Crippen molar-refractivity contribution >= 4 is 39.4 Å². The third-order valence-electron chi connectivity index (χ3n) is 13.4. The summed E-state index contributed by atoms with van der Waals surface area (Å²) in [5.41, 5.74) is -1.61. The van der Waals surface area contributed by atoms with Crippen molar-refractivity contribution in [3.63, 3.8) is 0 Å². The third-order valence-corrected chi connectivity index (χ3v) is 15.8. The normalized spacial score (nSPS) is 31.4. The molecule has 0 aromatic rings. The van der Waals surface area contributed by atoms with E-state index < -0.39 is 67.8 Å². The lowest BCUT2D eigenvalue weighted by Gasteiger charge is -2.45. The molecule has 4 saturated carbocycles. The predicted molar refractivity (Wildman–Crippen MR) is 189 cm³/mol. The number of likely N-dealkylation sites (tertiary alicyclic amines) is 1. The summed E-state index contributed by atoms with van der Waals surface area (Å²) in [6.45, 7) is 8.48. The van der Waals surface area contributed by atoms with Crippen LogP contribution in [0.2, 0.25) is 0 Å².